The van der Waals surface area contributed by atoms with Gasteiger partial charge in [-0.15, -0.1) is 0 Å². The fraction of sp³-hybridized carbons (Fsp3) is 0.250. The van der Waals surface area contributed by atoms with Crippen LogP contribution < -0.4 is 19.9 Å². The Hall–Kier alpha value is -1.91. The molecule has 5 heteroatoms. The SMILES string of the molecule is COc1cc(OC)c(-c2cc(Cl)ccc2CN)c(OC)c1. The van der Waals surface area contributed by atoms with Gasteiger partial charge >= 0.3 is 0 Å². The highest BCUT2D eigenvalue weighted by molar-refractivity contribution is 6.31. The number of hydrogen-bond donors (Lipinski definition) is 1. The molecule has 112 valence electrons. The molecule has 21 heavy (non-hydrogen) atoms. The van der Waals surface area contributed by atoms with Crippen molar-refractivity contribution in [1.82, 2.24) is 0 Å². The molecule has 0 amide bonds. The van der Waals surface area contributed by atoms with Gasteiger partial charge in [0.2, 0.25) is 0 Å². The van der Waals surface area contributed by atoms with Crippen molar-refractivity contribution in [1.29, 1.82) is 0 Å². The molecular weight excluding hydrogens is 290 g/mol. The normalized spacial score (nSPS) is 10.3. The molecule has 2 rings (SSSR count). The van der Waals surface area contributed by atoms with Gasteiger partial charge < -0.3 is 19.9 Å². The first-order valence-corrected chi connectivity index (χ1v) is 6.81. The molecule has 0 saturated heterocycles. The lowest BCUT2D eigenvalue weighted by atomic mass is 9.97. The molecule has 2 aromatic carbocycles. The van der Waals surface area contributed by atoms with E-state index in [2.05, 4.69) is 0 Å². The van der Waals surface area contributed by atoms with E-state index in [9.17, 15) is 0 Å². The molecule has 0 saturated carbocycles. The van der Waals surface area contributed by atoms with Crippen molar-refractivity contribution >= 4 is 11.6 Å². The number of methoxy groups -OCH3 is 3. The summed E-state index contributed by atoms with van der Waals surface area (Å²) >= 11 is 6.13. The van der Waals surface area contributed by atoms with Crippen molar-refractivity contribution in [2.45, 2.75) is 6.54 Å². The average molecular weight is 308 g/mol. The van der Waals surface area contributed by atoms with Crippen molar-refractivity contribution < 1.29 is 14.2 Å². The summed E-state index contributed by atoms with van der Waals surface area (Å²) < 4.78 is 16.2. The zero-order valence-electron chi connectivity index (χ0n) is 12.3. The number of nitrogens with two attached hydrogens (primary N) is 1. The van der Waals surface area contributed by atoms with Crippen molar-refractivity contribution in [3.8, 4) is 28.4 Å². The van der Waals surface area contributed by atoms with Crippen LogP contribution in [0, 0.1) is 0 Å². The van der Waals surface area contributed by atoms with E-state index in [0.717, 1.165) is 16.7 Å². The van der Waals surface area contributed by atoms with Gasteiger partial charge in [0.1, 0.15) is 17.2 Å². The first-order chi connectivity index (χ1) is 10.1. The third-order valence-corrected chi connectivity index (χ3v) is 3.51. The van der Waals surface area contributed by atoms with E-state index in [1.807, 2.05) is 18.2 Å². The van der Waals surface area contributed by atoms with Gasteiger partial charge in [-0.3, -0.25) is 0 Å². The topological polar surface area (TPSA) is 53.7 Å². The molecular formula is C16H18ClNO3. The minimum Gasteiger partial charge on any atom is -0.496 e. The molecule has 2 N–H and O–H groups in total. The molecule has 2 aromatic rings. The summed E-state index contributed by atoms with van der Waals surface area (Å²) in [5, 5.41) is 0.627. The van der Waals surface area contributed by atoms with Crippen LogP contribution in [0.2, 0.25) is 5.02 Å². The maximum absolute atomic E-state index is 6.13. The number of rotatable bonds is 5. The van der Waals surface area contributed by atoms with E-state index in [1.54, 1.807) is 33.5 Å². The quantitative estimate of drug-likeness (QED) is 0.918. The highest BCUT2D eigenvalue weighted by Gasteiger charge is 2.18. The third-order valence-electron chi connectivity index (χ3n) is 3.28. The fourth-order valence-electron chi connectivity index (χ4n) is 2.23. The van der Waals surface area contributed by atoms with Crippen LogP contribution in [0.25, 0.3) is 11.1 Å². The number of hydrogen-bond acceptors (Lipinski definition) is 4. The second kappa shape index (κ2) is 6.70. The van der Waals surface area contributed by atoms with Gasteiger partial charge in [-0.25, -0.2) is 0 Å². The molecule has 0 aromatic heterocycles. The Morgan fingerprint density at radius 2 is 1.57 bits per heavy atom. The standard InChI is InChI=1S/C16H18ClNO3/c1-19-12-7-14(20-2)16(15(8-12)21-3)13-6-11(17)5-4-10(13)9-18/h4-8H,9,18H2,1-3H3. The third kappa shape index (κ3) is 3.06. The van der Waals surface area contributed by atoms with Crippen molar-refractivity contribution in [2.24, 2.45) is 5.73 Å². The highest BCUT2D eigenvalue weighted by Crippen LogP contribution is 2.43. The fourth-order valence-corrected chi connectivity index (χ4v) is 2.40. The number of halogens is 1. The summed E-state index contributed by atoms with van der Waals surface area (Å²) in [5.41, 5.74) is 8.49. The molecule has 0 atom stereocenters. The van der Waals surface area contributed by atoms with E-state index in [0.29, 0.717) is 28.8 Å². The van der Waals surface area contributed by atoms with E-state index < -0.39 is 0 Å². The van der Waals surface area contributed by atoms with Gasteiger partial charge in [0, 0.05) is 23.7 Å². The van der Waals surface area contributed by atoms with Crippen molar-refractivity contribution in [3.63, 3.8) is 0 Å². The molecule has 0 heterocycles. The van der Waals surface area contributed by atoms with Crippen LogP contribution in [0.5, 0.6) is 17.2 Å². The zero-order chi connectivity index (χ0) is 15.4. The summed E-state index contributed by atoms with van der Waals surface area (Å²) in [6.45, 7) is 0.394. The van der Waals surface area contributed by atoms with Crippen molar-refractivity contribution in [3.05, 3.63) is 40.9 Å². The Morgan fingerprint density at radius 1 is 0.952 bits per heavy atom. The van der Waals surface area contributed by atoms with E-state index in [1.165, 1.54) is 0 Å². The number of benzene rings is 2. The maximum atomic E-state index is 6.13. The summed E-state index contributed by atoms with van der Waals surface area (Å²) in [5.74, 6) is 1.94. The van der Waals surface area contributed by atoms with Crippen LogP contribution in [-0.4, -0.2) is 21.3 Å². The Kier molecular flexibility index (Phi) is 4.94. The van der Waals surface area contributed by atoms with Gasteiger partial charge in [0.05, 0.1) is 26.9 Å². The second-order valence-corrected chi connectivity index (χ2v) is 4.85. The zero-order valence-corrected chi connectivity index (χ0v) is 13.0. The molecule has 0 aliphatic rings. The van der Waals surface area contributed by atoms with Gasteiger partial charge in [-0.2, -0.15) is 0 Å². The molecule has 0 aliphatic heterocycles. The second-order valence-electron chi connectivity index (χ2n) is 4.41. The minimum atomic E-state index is 0.394. The van der Waals surface area contributed by atoms with Crippen LogP contribution in [0.3, 0.4) is 0 Å². The Bertz CT molecular complexity index is 618. The average Bonchev–Trinajstić information content (AvgIpc) is 2.53. The summed E-state index contributed by atoms with van der Waals surface area (Å²) in [7, 11) is 4.80. The van der Waals surface area contributed by atoms with E-state index >= 15 is 0 Å². The summed E-state index contributed by atoms with van der Waals surface area (Å²) in [4.78, 5) is 0. The molecule has 0 radical (unpaired) electrons. The van der Waals surface area contributed by atoms with E-state index in [4.69, 9.17) is 31.5 Å². The van der Waals surface area contributed by atoms with Crippen LogP contribution in [0.15, 0.2) is 30.3 Å². The monoisotopic (exact) mass is 307 g/mol. The minimum absolute atomic E-state index is 0.394. The first-order valence-electron chi connectivity index (χ1n) is 6.43. The highest BCUT2D eigenvalue weighted by atomic mass is 35.5. The molecule has 4 nitrogen and oxygen atoms in total. The Labute approximate surface area is 129 Å². The van der Waals surface area contributed by atoms with Crippen LogP contribution in [-0.2, 0) is 6.54 Å². The maximum Gasteiger partial charge on any atom is 0.134 e. The lowest BCUT2D eigenvalue weighted by Crippen LogP contribution is -2.01. The lowest BCUT2D eigenvalue weighted by molar-refractivity contribution is 0.377. The van der Waals surface area contributed by atoms with Crippen LogP contribution >= 0.6 is 11.6 Å². The molecule has 0 unspecified atom stereocenters. The lowest BCUT2D eigenvalue weighted by Gasteiger charge is -2.17. The van der Waals surface area contributed by atoms with E-state index in [-0.39, 0.29) is 0 Å². The molecule has 0 fully saturated rings. The summed E-state index contributed by atoms with van der Waals surface area (Å²) in [6, 6.07) is 9.19. The predicted molar refractivity (Wildman–Crippen MR) is 84.4 cm³/mol. The smallest absolute Gasteiger partial charge is 0.134 e. The van der Waals surface area contributed by atoms with Gasteiger partial charge in [-0.05, 0) is 23.3 Å². The summed E-state index contributed by atoms with van der Waals surface area (Å²) in [6.07, 6.45) is 0. The number of ether oxygens (including phenoxy) is 3. The van der Waals surface area contributed by atoms with Crippen LogP contribution in [0.1, 0.15) is 5.56 Å². The van der Waals surface area contributed by atoms with Gasteiger partial charge in [0.25, 0.3) is 0 Å². The van der Waals surface area contributed by atoms with Crippen LogP contribution in [0.4, 0.5) is 0 Å². The van der Waals surface area contributed by atoms with Crippen molar-refractivity contribution in [2.75, 3.05) is 21.3 Å². The Balaban J connectivity index is 2.75. The molecule has 0 spiro atoms. The molecule has 0 bridgehead atoms. The predicted octanol–water partition coefficient (Wildman–Crippen LogP) is 3.49. The molecule has 0 aliphatic carbocycles. The largest absolute Gasteiger partial charge is 0.496 e. The van der Waals surface area contributed by atoms with Gasteiger partial charge in [-0.1, -0.05) is 17.7 Å². The Morgan fingerprint density at radius 3 is 2.05 bits per heavy atom. The van der Waals surface area contributed by atoms with Gasteiger partial charge in [0.15, 0.2) is 0 Å². The first kappa shape index (κ1) is 15.5.